The van der Waals surface area contributed by atoms with Crippen LogP contribution in [-0.2, 0) is 16.8 Å². The predicted molar refractivity (Wildman–Crippen MR) is 153 cm³/mol. The van der Waals surface area contributed by atoms with Crippen molar-refractivity contribution in [3.8, 4) is 11.4 Å². The van der Waals surface area contributed by atoms with E-state index < -0.39 is 0 Å². The smallest absolute Gasteiger partial charge is 0.231 e. The maximum Gasteiger partial charge on any atom is 0.231 e. The summed E-state index contributed by atoms with van der Waals surface area (Å²) in [5.74, 6) is 1.54. The van der Waals surface area contributed by atoms with Gasteiger partial charge in [0.25, 0.3) is 0 Å². The predicted octanol–water partition coefficient (Wildman–Crippen LogP) is 6.26. The number of nitrogens with zero attached hydrogens (tertiary/aromatic N) is 3. The number of benzene rings is 2. The first kappa shape index (κ1) is 29.9. The molecule has 7 nitrogen and oxygen atoms in total. The number of nitrogens with two attached hydrogens (primary N) is 1. The highest BCUT2D eigenvalue weighted by Crippen LogP contribution is 2.27. The fraction of sp³-hybridized carbons (Fsp3) is 0.433. The molecular weight excluding hydrogens is 462 g/mol. The van der Waals surface area contributed by atoms with Gasteiger partial charge in [0.2, 0.25) is 11.7 Å². The van der Waals surface area contributed by atoms with Crippen LogP contribution in [0.25, 0.3) is 17.0 Å². The van der Waals surface area contributed by atoms with E-state index in [4.69, 9.17) is 14.7 Å². The Labute approximate surface area is 222 Å². The molecule has 0 bridgehead atoms. The van der Waals surface area contributed by atoms with Crippen LogP contribution < -0.4 is 5.73 Å². The maximum atomic E-state index is 7.29. The van der Waals surface area contributed by atoms with Gasteiger partial charge >= 0.3 is 0 Å². The summed E-state index contributed by atoms with van der Waals surface area (Å²) in [4.78, 5) is 6.49. The zero-order valence-corrected chi connectivity index (χ0v) is 23.4. The molecule has 1 fully saturated rings. The number of methoxy groups -OCH3 is 1. The molecule has 0 spiro atoms. The lowest BCUT2D eigenvalue weighted by molar-refractivity contribution is 0.185. The number of rotatable bonds is 6. The van der Waals surface area contributed by atoms with Crippen molar-refractivity contribution in [1.82, 2.24) is 15.0 Å². The summed E-state index contributed by atoms with van der Waals surface area (Å²) in [5, 5.41) is 11.4. The molecule has 3 N–H and O–H groups in total. The van der Waals surface area contributed by atoms with Gasteiger partial charge in [0.1, 0.15) is 0 Å². The van der Waals surface area contributed by atoms with Gasteiger partial charge in [0.05, 0.1) is 18.9 Å². The highest BCUT2D eigenvalue weighted by Gasteiger charge is 2.27. The Bertz CT molecular complexity index is 1110. The molecule has 7 heteroatoms. The van der Waals surface area contributed by atoms with Gasteiger partial charge in [-0.3, -0.25) is 5.41 Å². The van der Waals surface area contributed by atoms with Gasteiger partial charge in [-0.05, 0) is 55.0 Å². The van der Waals surface area contributed by atoms with E-state index in [1.807, 2.05) is 24.0 Å². The number of allylic oxidation sites excluding steroid dienone is 2. The van der Waals surface area contributed by atoms with E-state index in [9.17, 15) is 0 Å². The zero-order valence-electron chi connectivity index (χ0n) is 23.4. The van der Waals surface area contributed by atoms with Crippen LogP contribution in [0.15, 0.2) is 59.1 Å². The summed E-state index contributed by atoms with van der Waals surface area (Å²) >= 11 is 0. The Morgan fingerprint density at radius 3 is 2.30 bits per heavy atom. The first-order chi connectivity index (χ1) is 17.7. The number of aromatic nitrogens is 2. The summed E-state index contributed by atoms with van der Waals surface area (Å²) in [7, 11) is 3.22. The monoisotopic (exact) mass is 505 g/mol. The van der Waals surface area contributed by atoms with Crippen molar-refractivity contribution in [2.45, 2.75) is 59.0 Å². The Hall–Kier alpha value is -3.29. The molecule has 1 aromatic heterocycles. The highest BCUT2D eigenvalue weighted by molar-refractivity contribution is 5.66. The average Bonchev–Trinajstić information content (AvgIpc) is 3.60. The lowest BCUT2D eigenvalue weighted by atomic mass is 9.87. The van der Waals surface area contributed by atoms with Crippen molar-refractivity contribution in [2.24, 2.45) is 5.73 Å². The van der Waals surface area contributed by atoms with Crippen molar-refractivity contribution in [3.63, 3.8) is 0 Å². The molecule has 1 aliphatic heterocycles. The average molecular weight is 506 g/mol. The highest BCUT2D eigenvalue weighted by atomic mass is 16.5. The van der Waals surface area contributed by atoms with E-state index in [2.05, 4.69) is 86.0 Å². The van der Waals surface area contributed by atoms with Gasteiger partial charge in [0.15, 0.2) is 0 Å². The Balaban J connectivity index is 0.000000275. The number of hydrogen-bond acceptors (Lipinski definition) is 6. The first-order valence-corrected chi connectivity index (χ1v) is 12.7. The summed E-state index contributed by atoms with van der Waals surface area (Å²) in [6.45, 7) is 13.2. The quantitative estimate of drug-likeness (QED) is 0.303. The van der Waals surface area contributed by atoms with E-state index in [-0.39, 0.29) is 11.3 Å². The summed E-state index contributed by atoms with van der Waals surface area (Å²) in [6.07, 6.45) is 4.42. The Morgan fingerprint density at radius 1 is 1.14 bits per heavy atom. The second kappa shape index (κ2) is 14.4. The molecule has 0 saturated carbocycles. The molecule has 1 aliphatic rings. The molecule has 3 aromatic rings. The standard InChI is InChI=1S/C17H20N4O.C12H18O.CH5N/c1-3-12(2)13-4-6-14(7-5-13)16-19-17(22-20-16)15-8-9-21(10-15)11-18;1-12(2,3)11-7-5-10(6-8-11)9-13-4;1-2/h3-7,11,15,18H,8-10H2,1-2H3;5-8H,9H2,1-4H3;2H2,1H3/b12-3+,18-11?;;. The third kappa shape index (κ3) is 8.65. The van der Waals surface area contributed by atoms with E-state index in [0.717, 1.165) is 25.1 Å². The third-order valence-corrected chi connectivity index (χ3v) is 6.36. The number of hydrogen-bond donors (Lipinski definition) is 2. The van der Waals surface area contributed by atoms with Gasteiger partial charge < -0.3 is 19.9 Å². The first-order valence-electron chi connectivity index (χ1n) is 12.7. The zero-order chi connectivity index (χ0) is 27.4. The van der Waals surface area contributed by atoms with Crippen molar-refractivity contribution in [1.29, 1.82) is 5.41 Å². The third-order valence-electron chi connectivity index (χ3n) is 6.36. The normalized spacial score (nSPS) is 15.4. The topological polar surface area (TPSA) is 101 Å². The van der Waals surface area contributed by atoms with Crippen molar-refractivity contribution >= 4 is 11.9 Å². The Kier molecular flexibility index (Phi) is 11.7. The molecule has 0 aliphatic carbocycles. The van der Waals surface area contributed by atoms with E-state index >= 15 is 0 Å². The van der Waals surface area contributed by atoms with Gasteiger partial charge in [-0.25, -0.2) is 0 Å². The van der Waals surface area contributed by atoms with Crippen LogP contribution in [0.3, 0.4) is 0 Å². The minimum absolute atomic E-state index is 0.229. The summed E-state index contributed by atoms with van der Waals surface area (Å²) < 4.78 is 10.5. The van der Waals surface area contributed by atoms with E-state index in [1.165, 1.54) is 35.6 Å². The van der Waals surface area contributed by atoms with Gasteiger partial charge in [-0.1, -0.05) is 80.5 Å². The van der Waals surface area contributed by atoms with Gasteiger partial charge in [-0.2, -0.15) is 4.98 Å². The van der Waals surface area contributed by atoms with Crippen LogP contribution in [0.1, 0.15) is 69.5 Å². The fourth-order valence-corrected chi connectivity index (χ4v) is 3.94. The minimum atomic E-state index is 0.229. The number of likely N-dealkylation sites (tertiary alicyclic amines) is 1. The van der Waals surface area contributed by atoms with Crippen LogP contribution in [0.4, 0.5) is 0 Å². The molecule has 2 heterocycles. The maximum absolute atomic E-state index is 7.29. The SMILES string of the molecule is C/C=C(\C)c1ccc(-c2noc(C3CCN(C=N)C3)n2)cc1.CN.COCc1ccc(C(C)(C)C)cc1. The molecule has 2 aromatic carbocycles. The lowest BCUT2D eigenvalue weighted by Gasteiger charge is -2.19. The molecule has 0 radical (unpaired) electrons. The van der Waals surface area contributed by atoms with Crippen molar-refractivity contribution in [3.05, 3.63) is 77.2 Å². The van der Waals surface area contributed by atoms with Crippen molar-refractivity contribution < 1.29 is 9.26 Å². The molecule has 1 unspecified atom stereocenters. The molecule has 1 saturated heterocycles. The van der Waals surface area contributed by atoms with E-state index in [0.29, 0.717) is 18.3 Å². The molecule has 1 atom stereocenters. The van der Waals surface area contributed by atoms with E-state index in [1.54, 1.807) is 7.11 Å². The van der Waals surface area contributed by atoms with Crippen LogP contribution in [0.5, 0.6) is 0 Å². The second-order valence-corrected chi connectivity index (χ2v) is 9.99. The van der Waals surface area contributed by atoms with Gasteiger partial charge in [0, 0.05) is 25.8 Å². The molecule has 4 rings (SSSR count). The molecular formula is C30H43N5O2. The largest absolute Gasteiger partial charge is 0.380 e. The summed E-state index contributed by atoms with van der Waals surface area (Å²) in [5.41, 5.74) is 10.8. The number of ether oxygens (including phenoxy) is 1. The van der Waals surface area contributed by atoms with Crippen molar-refractivity contribution in [2.75, 3.05) is 27.2 Å². The second-order valence-electron chi connectivity index (χ2n) is 9.99. The van der Waals surface area contributed by atoms with Crippen LogP contribution in [0.2, 0.25) is 0 Å². The lowest BCUT2D eigenvalue weighted by Crippen LogP contribution is -2.17. The van der Waals surface area contributed by atoms with Crippen LogP contribution in [0, 0.1) is 5.41 Å². The fourth-order valence-electron chi connectivity index (χ4n) is 3.94. The summed E-state index contributed by atoms with van der Waals surface area (Å²) in [6, 6.07) is 16.8. The van der Waals surface area contributed by atoms with Gasteiger partial charge in [-0.15, -0.1) is 0 Å². The number of nitrogens with one attached hydrogen (secondary N) is 1. The molecule has 0 amide bonds. The molecule has 200 valence electrons. The van der Waals surface area contributed by atoms with Crippen LogP contribution >= 0.6 is 0 Å². The molecule has 37 heavy (non-hydrogen) atoms. The minimum Gasteiger partial charge on any atom is -0.380 e. The Morgan fingerprint density at radius 2 is 1.78 bits per heavy atom. The van der Waals surface area contributed by atoms with Crippen LogP contribution in [-0.4, -0.2) is 48.6 Å².